The van der Waals surface area contributed by atoms with E-state index in [0.29, 0.717) is 13.2 Å². The molecule has 0 aliphatic carbocycles. The van der Waals surface area contributed by atoms with E-state index in [0.717, 1.165) is 34.6 Å². The minimum atomic E-state index is -0.964. The van der Waals surface area contributed by atoms with Gasteiger partial charge in [0, 0.05) is 13.1 Å². The van der Waals surface area contributed by atoms with Gasteiger partial charge in [0.05, 0.1) is 29.1 Å². The van der Waals surface area contributed by atoms with Crippen LogP contribution in [0.2, 0.25) is 0 Å². The zero-order chi connectivity index (χ0) is 13.4. The van der Waals surface area contributed by atoms with Crippen LogP contribution in [0.5, 0.6) is 0 Å². The average Bonchev–Trinajstić information content (AvgIpc) is 2.86. The van der Waals surface area contributed by atoms with Crippen molar-refractivity contribution in [1.29, 1.82) is 0 Å². The summed E-state index contributed by atoms with van der Waals surface area (Å²) in [6.45, 7) is 5.04. The monoisotopic (exact) mass is 278 g/mol. The summed E-state index contributed by atoms with van der Waals surface area (Å²) in [5.74, 6) is -0.964. The fourth-order valence-corrected chi connectivity index (χ4v) is 3.29. The fraction of sp³-hybridized carbons (Fsp3) is 0.385. The third-order valence-electron chi connectivity index (χ3n) is 3.26. The maximum Gasteiger partial charge on any atom is 0.365 e. The number of hydrogen-bond donors (Lipinski definition) is 1. The zero-order valence-corrected chi connectivity index (χ0v) is 11.4. The molecule has 6 heteroatoms. The van der Waals surface area contributed by atoms with Crippen molar-refractivity contribution in [2.45, 2.75) is 6.92 Å². The maximum absolute atomic E-state index is 11.1. The predicted molar refractivity (Wildman–Crippen MR) is 74.3 cm³/mol. The van der Waals surface area contributed by atoms with Crippen molar-refractivity contribution in [3.8, 4) is 0 Å². The lowest BCUT2D eigenvalue weighted by molar-refractivity contribution is 0.0696. The van der Waals surface area contributed by atoms with E-state index in [1.165, 1.54) is 11.3 Å². The highest BCUT2D eigenvalue weighted by Gasteiger charge is 2.19. The molecule has 0 atom stereocenters. The third kappa shape index (κ3) is 2.17. The first kappa shape index (κ1) is 12.4. The predicted octanol–water partition coefficient (Wildman–Crippen LogP) is 2.14. The molecule has 1 aromatic heterocycles. The SMILES string of the molecule is Cc1ccc(N2CCOCC2)c2sc(C(=O)O)nc12. The summed E-state index contributed by atoms with van der Waals surface area (Å²) in [4.78, 5) is 17.5. The Bertz CT molecular complexity index is 632. The van der Waals surface area contributed by atoms with Crippen LogP contribution in [0.25, 0.3) is 10.2 Å². The van der Waals surface area contributed by atoms with Crippen LogP contribution in [0.1, 0.15) is 15.4 Å². The number of aromatic nitrogens is 1. The number of ether oxygens (including phenoxy) is 1. The molecule has 0 saturated carbocycles. The number of aryl methyl sites for hydroxylation is 1. The van der Waals surface area contributed by atoms with Crippen LogP contribution in [0, 0.1) is 6.92 Å². The number of thiazole rings is 1. The Labute approximate surface area is 114 Å². The molecule has 1 aliphatic rings. The quantitative estimate of drug-likeness (QED) is 0.912. The van der Waals surface area contributed by atoms with Gasteiger partial charge in [-0.15, -0.1) is 11.3 Å². The lowest BCUT2D eigenvalue weighted by atomic mass is 10.2. The molecule has 5 nitrogen and oxygen atoms in total. The van der Waals surface area contributed by atoms with Gasteiger partial charge >= 0.3 is 5.97 Å². The van der Waals surface area contributed by atoms with E-state index in [2.05, 4.69) is 9.88 Å². The lowest BCUT2D eigenvalue weighted by Gasteiger charge is -2.29. The molecular weight excluding hydrogens is 264 g/mol. The molecule has 0 spiro atoms. The van der Waals surface area contributed by atoms with Gasteiger partial charge in [-0.1, -0.05) is 6.07 Å². The van der Waals surface area contributed by atoms with Crippen molar-refractivity contribution in [3.05, 3.63) is 22.7 Å². The molecule has 0 radical (unpaired) electrons. The van der Waals surface area contributed by atoms with E-state index in [4.69, 9.17) is 9.84 Å². The molecule has 1 aromatic carbocycles. The molecule has 2 aromatic rings. The molecule has 100 valence electrons. The van der Waals surface area contributed by atoms with Gasteiger partial charge in [-0.05, 0) is 18.6 Å². The van der Waals surface area contributed by atoms with E-state index >= 15 is 0 Å². The normalized spacial score (nSPS) is 15.9. The first-order chi connectivity index (χ1) is 9.16. The molecule has 1 N–H and O–H groups in total. The number of benzene rings is 1. The number of rotatable bonds is 2. The molecule has 1 saturated heterocycles. The van der Waals surface area contributed by atoms with Crippen molar-refractivity contribution in [3.63, 3.8) is 0 Å². The molecule has 2 heterocycles. The Morgan fingerprint density at radius 1 is 1.42 bits per heavy atom. The second-order valence-electron chi connectivity index (χ2n) is 4.50. The van der Waals surface area contributed by atoms with Crippen molar-refractivity contribution in [2.24, 2.45) is 0 Å². The van der Waals surface area contributed by atoms with Crippen LogP contribution in [0.3, 0.4) is 0 Å². The minimum Gasteiger partial charge on any atom is -0.476 e. The number of anilines is 1. The van der Waals surface area contributed by atoms with Crippen molar-refractivity contribution in [2.75, 3.05) is 31.2 Å². The molecule has 0 unspecified atom stereocenters. The largest absolute Gasteiger partial charge is 0.476 e. The number of hydrogen-bond acceptors (Lipinski definition) is 5. The highest BCUT2D eigenvalue weighted by Crippen LogP contribution is 2.34. The van der Waals surface area contributed by atoms with Gasteiger partial charge in [-0.2, -0.15) is 0 Å². The molecule has 19 heavy (non-hydrogen) atoms. The van der Waals surface area contributed by atoms with Crippen LogP contribution >= 0.6 is 11.3 Å². The van der Waals surface area contributed by atoms with Crippen LogP contribution in [0.4, 0.5) is 5.69 Å². The molecule has 3 rings (SSSR count). The summed E-state index contributed by atoms with van der Waals surface area (Å²) in [5.41, 5.74) is 2.87. The van der Waals surface area contributed by atoms with E-state index in [9.17, 15) is 4.79 Å². The van der Waals surface area contributed by atoms with E-state index in [1.807, 2.05) is 19.1 Å². The van der Waals surface area contributed by atoms with Crippen molar-refractivity contribution < 1.29 is 14.6 Å². The van der Waals surface area contributed by atoms with Crippen LogP contribution < -0.4 is 4.90 Å². The van der Waals surface area contributed by atoms with Crippen molar-refractivity contribution >= 4 is 33.2 Å². The molecule has 0 amide bonds. The zero-order valence-electron chi connectivity index (χ0n) is 10.5. The maximum atomic E-state index is 11.1. The summed E-state index contributed by atoms with van der Waals surface area (Å²) < 4.78 is 6.31. The van der Waals surface area contributed by atoms with Crippen LogP contribution in [-0.2, 0) is 4.74 Å². The first-order valence-electron chi connectivity index (χ1n) is 6.13. The van der Waals surface area contributed by atoms with Gasteiger partial charge in [0.15, 0.2) is 0 Å². The summed E-state index contributed by atoms with van der Waals surface area (Å²) in [6.07, 6.45) is 0. The highest BCUT2D eigenvalue weighted by atomic mass is 32.1. The highest BCUT2D eigenvalue weighted by molar-refractivity contribution is 7.20. The van der Waals surface area contributed by atoms with Crippen LogP contribution in [-0.4, -0.2) is 42.4 Å². The smallest absolute Gasteiger partial charge is 0.365 e. The van der Waals surface area contributed by atoms with Crippen molar-refractivity contribution in [1.82, 2.24) is 4.98 Å². The van der Waals surface area contributed by atoms with Gasteiger partial charge in [0.2, 0.25) is 5.01 Å². The Balaban J connectivity index is 2.13. The number of nitrogens with zero attached hydrogens (tertiary/aromatic N) is 2. The van der Waals surface area contributed by atoms with E-state index in [1.54, 1.807) is 0 Å². The van der Waals surface area contributed by atoms with Gasteiger partial charge in [0.25, 0.3) is 0 Å². The Hall–Kier alpha value is -1.66. The number of carboxylic acids is 1. The Morgan fingerprint density at radius 3 is 2.84 bits per heavy atom. The number of fused-ring (bicyclic) bond motifs is 1. The Kier molecular flexibility index (Phi) is 3.12. The van der Waals surface area contributed by atoms with E-state index < -0.39 is 5.97 Å². The van der Waals surface area contributed by atoms with Crippen LogP contribution in [0.15, 0.2) is 12.1 Å². The average molecular weight is 278 g/mol. The van der Waals surface area contributed by atoms with Gasteiger partial charge < -0.3 is 14.7 Å². The Morgan fingerprint density at radius 2 is 2.16 bits per heavy atom. The summed E-state index contributed by atoms with van der Waals surface area (Å²) in [5, 5.41) is 9.24. The standard InChI is InChI=1S/C13H14N2O3S/c1-8-2-3-9(15-4-6-18-7-5-15)11-10(8)14-12(19-11)13(16)17/h2-3H,4-7H2,1H3,(H,16,17). The summed E-state index contributed by atoms with van der Waals surface area (Å²) in [6, 6.07) is 4.05. The first-order valence-corrected chi connectivity index (χ1v) is 6.94. The number of carboxylic acid groups (broad SMARTS) is 1. The topological polar surface area (TPSA) is 62.7 Å². The van der Waals surface area contributed by atoms with Gasteiger partial charge in [-0.25, -0.2) is 9.78 Å². The van der Waals surface area contributed by atoms with Gasteiger partial charge in [0.1, 0.15) is 0 Å². The number of morpholine rings is 1. The fourth-order valence-electron chi connectivity index (χ4n) is 2.26. The third-order valence-corrected chi connectivity index (χ3v) is 4.33. The molecular formula is C13H14N2O3S. The number of aromatic carboxylic acids is 1. The lowest BCUT2D eigenvalue weighted by Crippen LogP contribution is -2.36. The summed E-state index contributed by atoms with van der Waals surface area (Å²) in [7, 11) is 0. The molecule has 1 aliphatic heterocycles. The molecule has 1 fully saturated rings. The second kappa shape index (κ2) is 4.79. The minimum absolute atomic E-state index is 0.152. The summed E-state index contributed by atoms with van der Waals surface area (Å²) >= 11 is 1.25. The molecule has 0 bridgehead atoms. The number of carbonyl (C=O) groups is 1. The van der Waals surface area contributed by atoms with E-state index in [-0.39, 0.29) is 5.01 Å². The second-order valence-corrected chi connectivity index (χ2v) is 5.50. The van der Waals surface area contributed by atoms with Gasteiger partial charge in [-0.3, -0.25) is 0 Å².